The Hall–Kier alpha value is -1.22. The Kier molecular flexibility index (Phi) is 9.96. The molecule has 0 atom stereocenters. The van der Waals surface area contributed by atoms with Gasteiger partial charge in [-0.15, -0.1) is 35.7 Å². The smallest absolute Gasteiger partial charge is 0.191 e. The van der Waals surface area contributed by atoms with Crippen molar-refractivity contribution in [1.82, 2.24) is 20.4 Å². The Labute approximate surface area is 172 Å². The third-order valence-electron chi connectivity index (χ3n) is 3.66. The molecule has 0 saturated heterocycles. The number of nitrogens with one attached hydrogen (secondary N) is 2. The monoisotopic (exact) mass is 473 g/mol. The highest BCUT2D eigenvalue weighted by Crippen LogP contribution is 2.22. The van der Waals surface area contributed by atoms with E-state index in [0.717, 1.165) is 25.5 Å². The summed E-state index contributed by atoms with van der Waals surface area (Å²) < 4.78 is 1.83. The normalized spacial score (nSPS) is 11.1. The number of aliphatic imine (C=N–C) groups is 1. The molecular formula is C18H28IN5S. The first-order valence-electron chi connectivity index (χ1n) is 8.25. The lowest BCUT2D eigenvalue weighted by atomic mass is 10.1. The van der Waals surface area contributed by atoms with Gasteiger partial charge in [-0.25, -0.2) is 4.99 Å². The largest absolute Gasteiger partial charge is 0.357 e. The fourth-order valence-electron chi connectivity index (χ4n) is 2.41. The van der Waals surface area contributed by atoms with Crippen LogP contribution in [0.25, 0.3) is 0 Å². The second-order valence-electron chi connectivity index (χ2n) is 5.71. The molecule has 7 heteroatoms. The summed E-state index contributed by atoms with van der Waals surface area (Å²) in [5.41, 5.74) is 3.77. The molecule has 2 aromatic rings. The van der Waals surface area contributed by atoms with Gasteiger partial charge in [0.05, 0.1) is 12.7 Å². The van der Waals surface area contributed by atoms with Crippen LogP contribution in [0, 0.1) is 6.92 Å². The molecule has 2 rings (SSSR count). The highest BCUT2D eigenvalue weighted by molar-refractivity contribution is 14.0. The molecule has 2 N–H and O–H groups in total. The highest BCUT2D eigenvalue weighted by atomic mass is 127. The van der Waals surface area contributed by atoms with E-state index < -0.39 is 0 Å². The molecule has 0 aliphatic rings. The number of aryl methyl sites for hydroxylation is 2. The Morgan fingerprint density at radius 3 is 2.76 bits per heavy atom. The van der Waals surface area contributed by atoms with Crippen molar-refractivity contribution in [2.24, 2.45) is 12.0 Å². The zero-order chi connectivity index (χ0) is 17.4. The van der Waals surface area contributed by atoms with Crippen molar-refractivity contribution >= 4 is 41.7 Å². The summed E-state index contributed by atoms with van der Waals surface area (Å²) >= 11 is 1.77. The van der Waals surface area contributed by atoms with Crippen molar-refractivity contribution in [2.75, 3.05) is 19.3 Å². The minimum absolute atomic E-state index is 0. The van der Waals surface area contributed by atoms with E-state index in [0.29, 0.717) is 6.54 Å². The summed E-state index contributed by atoms with van der Waals surface area (Å²) in [5, 5.41) is 10.9. The topological polar surface area (TPSA) is 54.2 Å². The number of aromatic nitrogens is 2. The third kappa shape index (κ3) is 7.27. The van der Waals surface area contributed by atoms with Crippen LogP contribution < -0.4 is 10.6 Å². The van der Waals surface area contributed by atoms with E-state index in [1.165, 1.54) is 21.6 Å². The Morgan fingerprint density at radius 1 is 1.32 bits per heavy atom. The number of halogens is 1. The minimum atomic E-state index is 0. The maximum atomic E-state index is 4.72. The standard InChI is InChI=1S/C18H27N5S.HI/c1-5-19-18(20-9-8-15-11-22-23(3)13-15)21-12-16-7-6-14(2)10-17(16)24-4;/h6-7,10-11,13H,5,8-9,12H2,1-4H3,(H2,19,20,21);1H. The predicted octanol–water partition coefficient (Wildman–Crippen LogP) is 3.37. The molecule has 5 nitrogen and oxygen atoms in total. The first-order valence-corrected chi connectivity index (χ1v) is 9.48. The van der Waals surface area contributed by atoms with Crippen LogP contribution in [0.5, 0.6) is 0 Å². The van der Waals surface area contributed by atoms with Crippen molar-refractivity contribution < 1.29 is 0 Å². The van der Waals surface area contributed by atoms with E-state index in [4.69, 9.17) is 4.99 Å². The molecule has 0 fully saturated rings. The van der Waals surface area contributed by atoms with Gasteiger partial charge in [0.25, 0.3) is 0 Å². The van der Waals surface area contributed by atoms with Gasteiger partial charge >= 0.3 is 0 Å². The molecular weight excluding hydrogens is 445 g/mol. The molecule has 0 saturated carbocycles. The lowest BCUT2D eigenvalue weighted by Crippen LogP contribution is -2.38. The van der Waals surface area contributed by atoms with Crippen molar-refractivity contribution in [3.05, 3.63) is 47.3 Å². The quantitative estimate of drug-likeness (QED) is 0.280. The van der Waals surface area contributed by atoms with Gasteiger partial charge in [0.2, 0.25) is 0 Å². The van der Waals surface area contributed by atoms with Crippen LogP contribution in [0.2, 0.25) is 0 Å². The van der Waals surface area contributed by atoms with Crippen LogP contribution in [0.3, 0.4) is 0 Å². The number of thioether (sulfide) groups is 1. The van der Waals surface area contributed by atoms with Crippen molar-refractivity contribution in [3.63, 3.8) is 0 Å². The zero-order valence-electron chi connectivity index (χ0n) is 15.4. The summed E-state index contributed by atoms with van der Waals surface area (Å²) in [5.74, 6) is 0.856. The van der Waals surface area contributed by atoms with Crippen molar-refractivity contribution in [3.8, 4) is 0 Å². The molecule has 0 spiro atoms. The summed E-state index contributed by atoms with van der Waals surface area (Å²) in [6, 6.07) is 6.54. The summed E-state index contributed by atoms with van der Waals surface area (Å²) in [6.07, 6.45) is 6.99. The van der Waals surface area contributed by atoms with E-state index in [-0.39, 0.29) is 24.0 Å². The Balaban J connectivity index is 0.00000312. The highest BCUT2D eigenvalue weighted by Gasteiger charge is 2.03. The van der Waals surface area contributed by atoms with Crippen LogP contribution in [0.1, 0.15) is 23.6 Å². The molecule has 0 aliphatic carbocycles. The van der Waals surface area contributed by atoms with E-state index in [9.17, 15) is 0 Å². The van der Waals surface area contributed by atoms with Gasteiger partial charge in [-0.1, -0.05) is 12.1 Å². The van der Waals surface area contributed by atoms with Crippen molar-refractivity contribution in [2.45, 2.75) is 31.7 Å². The number of guanidine groups is 1. The van der Waals surface area contributed by atoms with Gasteiger partial charge in [0.15, 0.2) is 5.96 Å². The minimum Gasteiger partial charge on any atom is -0.357 e. The van der Waals surface area contributed by atoms with Gasteiger partial charge in [0.1, 0.15) is 0 Å². The number of benzene rings is 1. The number of hydrogen-bond acceptors (Lipinski definition) is 3. The lowest BCUT2D eigenvalue weighted by molar-refractivity contribution is 0.765. The summed E-state index contributed by atoms with van der Waals surface area (Å²) in [7, 11) is 1.94. The van der Waals surface area contributed by atoms with Crippen molar-refractivity contribution in [1.29, 1.82) is 0 Å². The second-order valence-corrected chi connectivity index (χ2v) is 6.56. The summed E-state index contributed by atoms with van der Waals surface area (Å²) in [6.45, 7) is 6.57. The molecule has 0 amide bonds. The van der Waals surface area contributed by atoms with Gasteiger partial charge < -0.3 is 10.6 Å². The zero-order valence-corrected chi connectivity index (χ0v) is 18.5. The van der Waals surface area contributed by atoms with Crippen LogP contribution in [-0.2, 0) is 20.0 Å². The number of hydrogen-bond donors (Lipinski definition) is 2. The van der Waals surface area contributed by atoms with Crippen LogP contribution in [0.15, 0.2) is 40.5 Å². The first-order chi connectivity index (χ1) is 11.6. The van der Waals surface area contributed by atoms with Gasteiger partial charge in [-0.2, -0.15) is 5.10 Å². The molecule has 0 unspecified atom stereocenters. The van der Waals surface area contributed by atoms with Gasteiger partial charge in [-0.05, 0) is 49.3 Å². The molecule has 1 aromatic carbocycles. The SMILES string of the molecule is CCNC(=NCc1ccc(C)cc1SC)NCCc1cnn(C)c1.I. The van der Waals surface area contributed by atoms with Crippen LogP contribution >= 0.6 is 35.7 Å². The first kappa shape index (κ1) is 21.8. The second kappa shape index (κ2) is 11.4. The predicted molar refractivity (Wildman–Crippen MR) is 118 cm³/mol. The molecule has 138 valence electrons. The molecule has 25 heavy (non-hydrogen) atoms. The van der Waals surface area contributed by atoms with Gasteiger partial charge in [-0.3, -0.25) is 4.68 Å². The molecule has 1 aromatic heterocycles. The number of nitrogens with zero attached hydrogens (tertiary/aromatic N) is 3. The van der Waals surface area contributed by atoms with E-state index >= 15 is 0 Å². The van der Waals surface area contributed by atoms with E-state index in [2.05, 4.69) is 54.0 Å². The number of rotatable bonds is 7. The van der Waals surface area contributed by atoms with Crippen LogP contribution in [-0.4, -0.2) is 35.1 Å². The fraction of sp³-hybridized carbons (Fsp3) is 0.444. The lowest BCUT2D eigenvalue weighted by Gasteiger charge is -2.12. The average Bonchev–Trinajstić information content (AvgIpc) is 2.98. The Bertz CT molecular complexity index is 684. The Morgan fingerprint density at radius 2 is 2.12 bits per heavy atom. The molecule has 0 radical (unpaired) electrons. The van der Waals surface area contributed by atoms with E-state index in [1.54, 1.807) is 11.8 Å². The molecule has 0 bridgehead atoms. The maximum Gasteiger partial charge on any atom is 0.191 e. The van der Waals surface area contributed by atoms with E-state index in [1.807, 2.05) is 24.1 Å². The van der Waals surface area contributed by atoms with Gasteiger partial charge in [0, 0.05) is 31.2 Å². The fourth-order valence-corrected chi connectivity index (χ4v) is 3.11. The molecule has 0 aliphatic heterocycles. The maximum absolute atomic E-state index is 4.72. The molecule has 1 heterocycles. The third-order valence-corrected chi connectivity index (χ3v) is 4.48. The summed E-state index contributed by atoms with van der Waals surface area (Å²) in [4.78, 5) is 6.01. The average molecular weight is 473 g/mol. The van der Waals surface area contributed by atoms with Crippen LogP contribution in [0.4, 0.5) is 0 Å².